The topological polar surface area (TPSA) is 75.7 Å². The summed E-state index contributed by atoms with van der Waals surface area (Å²) in [4.78, 5) is 34.3. The number of hydrogen-bond acceptors (Lipinski definition) is 4. The number of esters is 1. The minimum atomic E-state index is -0.332. The van der Waals surface area contributed by atoms with Gasteiger partial charge in [0.2, 0.25) is 11.8 Å². The average molecular weight is 230 g/mol. The summed E-state index contributed by atoms with van der Waals surface area (Å²) in [6.07, 6.45) is 0.163. The summed E-state index contributed by atoms with van der Waals surface area (Å²) in [5, 5.41) is 2.39. The van der Waals surface area contributed by atoms with Crippen LogP contribution in [0.25, 0.3) is 0 Å². The summed E-state index contributed by atoms with van der Waals surface area (Å²) in [6, 6.07) is 0. The predicted octanol–water partition coefficient (Wildman–Crippen LogP) is -0.466. The van der Waals surface area contributed by atoms with Crippen molar-refractivity contribution in [2.24, 2.45) is 0 Å². The van der Waals surface area contributed by atoms with E-state index in [2.05, 4.69) is 5.32 Å². The van der Waals surface area contributed by atoms with Crippen molar-refractivity contribution < 1.29 is 19.1 Å². The summed E-state index contributed by atoms with van der Waals surface area (Å²) < 4.78 is 4.72. The van der Waals surface area contributed by atoms with Gasteiger partial charge < -0.3 is 15.0 Å². The Labute approximate surface area is 94.9 Å². The van der Waals surface area contributed by atoms with Crippen molar-refractivity contribution in [3.05, 3.63) is 0 Å². The number of ether oxygens (including phenoxy) is 1. The van der Waals surface area contributed by atoms with Crippen LogP contribution in [0.1, 0.15) is 20.3 Å². The fourth-order valence-corrected chi connectivity index (χ4v) is 0.952. The summed E-state index contributed by atoms with van der Waals surface area (Å²) in [5.41, 5.74) is 0. The molecule has 0 spiro atoms. The molecule has 6 nitrogen and oxygen atoms in total. The van der Waals surface area contributed by atoms with E-state index in [1.807, 2.05) is 0 Å². The van der Waals surface area contributed by atoms with Crippen LogP contribution in [0.3, 0.4) is 0 Å². The lowest BCUT2D eigenvalue weighted by Gasteiger charge is -2.16. The van der Waals surface area contributed by atoms with E-state index in [9.17, 15) is 14.4 Å². The van der Waals surface area contributed by atoms with E-state index in [0.29, 0.717) is 6.61 Å². The van der Waals surface area contributed by atoms with Crippen molar-refractivity contribution in [3.63, 3.8) is 0 Å². The van der Waals surface area contributed by atoms with Crippen LogP contribution < -0.4 is 5.32 Å². The molecule has 0 aromatic heterocycles. The molecule has 0 unspecified atom stereocenters. The second kappa shape index (κ2) is 7.67. The minimum absolute atomic E-state index is 0.0470. The van der Waals surface area contributed by atoms with Crippen molar-refractivity contribution in [3.8, 4) is 0 Å². The van der Waals surface area contributed by atoms with Gasteiger partial charge in [0.15, 0.2) is 0 Å². The molecule has 0 radical (unpaired) electrons. The van der Waals surface area contributed by atoms with Crippen LogP contribution in [0.5, 0.6) is 0 Å². The molecular weight excluding hydrogens is 212 g/mol. The van der Waals surface area contributed by atoms with E-state index in [0.717, 1.165) is 0 Å². The smallest absolute Gasteiger partial charge is 0.307 e. The number of nitrogens with zero attached hydrogens (tertiary/aromatic N) is 1. The van der Waals surface area contributed by atoms with Crippen LogP contribution in [0.2, 0.25) is 0 Å². The highest BCUT2D eigenvalue weighted by molar-refractivity contribution is 5.83. The van der Waals surface area contributed by atoms with E-state index in [4.69, 9.17) is 4.74 Å². The molecule has 0 heterocycles. The highest BCUT2D eigenvalue weighted by atomic mass is 16.5. The Morgan fingerprint density at radius 1 is 1.31 bits per heavy atom. The quantitative estimate of drug-likeness (QED) is 0.626. The lowest BCUT2D eigenvalue weighted by Crippen LogP contribution is -2.38. The van der Waals surface area contributed by atoms with Gasteiger partial charge in [0, 0.05) is 20.5 Å². The number of rotatable bonds is 6. The van der Waals surface area contributed by atoms with Gasteiger partial charge in [-0.25, -0.2) is 0 Å². The Hall–Kier alpha value is -1.59. The lowest BCUT2D eigenvalue weighted by atomic mass is 10.4. The van der Waals surface area contributed by atoms with Crippen LogP contribution in [0.15, 0.2) is 0 Å². The number of amides is 2. The Balaban J connectivity index is 3.78. The molecule has 0 saturated carbocycles. The van der Waals surface area contributed by atoms with Gasteiger partial charge >= 0.3 is 5.97 Å². The molecule has 0 fully saturated rings. The normalized spacial score (nSPS) is 9.44. The molecule has 6 heteroatoms. The first-order chi connectivity index (χ1) is 7.47. The maximum absolute atomic E-state index is 11.4. The molecule has 0 saturated heterocycles. The molecule has 0 atom stereocenters. The Morgan fingerprint density at radius 2 is 1.94 bits per heavy atom. The number of likely N-dealkylation sites (N-methyl/N-ethyl adjacent to an activating group) is 1. The van der Waals surface area contributed by atoms with Gasteiger partial charge in [0.1, 0.15) is 0 Å². The Morgan fingerprint density at radius 3 is 2.44 bits per heavy atom. The second-order valence-corrected chi connectivity index (χ2v) is 3.28. The summed E-state index contributed by atoms with van der Waals surface area (Å²) >= 11 is 0. The third-order valence-electron chi connectivity index (χ3n) is 1.87. The van der Waals surface area contributed by atoms with Crippen LogP contribution in [0, 0.1) is 0 Å². The maximum atomic E-state index is 11.4. The van der Waals surface area contributed by atoms with E-state index in [-0.39, 0.29) is 37.3 Å². The zero-order valence-corrected chi connectivity index (χ0v) is 9.91. The molecule has 0 rings (SSSR count). The van der Waals surface area contributed by atoms with Crippen molar-refractivity contribution >= 4 is 17.8 Å². The van der Waals surface area contributed by atoms with Crippen molar-refractivity contribution in [1.29, 1.82) is 0 Å². The highest BCUT2D eigenvalue weighted by Crippen LogP contribution is 1.91. The SMILES string of the molecule is CCOC(=O)CCN(C)C(=O)CNC(C)=O. The number of carbonyl (C=O) groups is 3. The molecule has 92 valence electrons. The Kier molecular flexibility index (Phi) is 6.91. The highest BCUT2D eigenvalue weighted by Gasteiger charge is 2.11. The largest absolute Gasteiger partial charge is 0.466 e. The second-order valence-electron chi connectivity index (χ2n) is 3.28. The van der Waals surface area contributed by atoms with Gasteiger partial charge in [0.25, 0.3) is 0 Å². The fourth-order valence-electron chi connectivity index (χ4n) is 0.952. The summed E-state index contributed by atoms with van der Waals surface area (Å²) in [7, 11) is 1.57. The first-order valence-corrected chi connectivity index (χ1v) is 5.11. The molecule has 2 amide bonds. The minimum Gasteiger partial charge on any atom is -0.466 e. The van der Waals surface area contributed by atoms with Gasteiger partial charge in [0.05, 0.1) is 19.6 Å². The molecule has 1 N–H and O–H groups in total. The van der Waals surface area contributed by atoms with Gasteiger partial charge in [-0.05, 0) is 6.92 Å². The lowest BCUT2D eigenvalue weighted by molar-refractivity contribution is -0.144. The van der Waals surface area contributed by atoms with Crippen LogP contribution >= 0.6 is 0 Å². The first-order valence-electron chi connectivity index (χ1n) is 5.11. The Bertz CT molecular complexity index is 266. The summed E-state index contributed by atoms with van der Waals surface area (Å²) in [5.74, 6) is -0.826. The zero-order chi connectivity index (χ0) is 12.6. The number of carbonyl (C=O) groups excluding carboxylic acids is 3. The van der Waals surface area contributed by atoms with Gasteiger partial charge in [-0.2, -0.15) is 0 Å². The van der Waals surface area contributed by atoms with Gasteiger partial charge in [-0.15, -0.1) is 0 Å². The molecule has 0 aliphatic carbocycles. The molecule has 0 bridgehead atoms. The monoisotopic (exact) mass is 230 g/mol. The summed E-state index contributed by atoms with van der Waals surface area (Å²) in [6.45, 7) is 3.64. The van der Waals surface area contributed by atoms with E-state index in [1.165, 1.54) is 11.8 Å². The molecule has 0 aliphatic rings. The molecule has 0 aliphatic heterocycles. The third-order valence-corrected chi connectivity index (χ3v) is 1.87. The van der Waals surface area contributed by atoms with E-state index >= 15 is 0 Å². The maximum Gasteiger partial charge on any atom is 0.307 e. The average Bonchev–Trinajstić information content (AvgIpc) is 2.22. The molecule has 0 aromatic rings. The standard InChI is InChI=1S/C10H18N2O4/c1-4-16-10(15)5-6-12(3)9(14)7-11-8(2)13/h4-7H2,1-3H3,(H,11,13). The zero-order valence-electron chi connectivity index (χ0n) is 9.91. The molecule has 0 aromatic carbocycles. The predicted molar refractivity (Wildman–Crippen MR) is 57.6 cm³/mol. The van der Waals surface area contributed by atoms with E-state index < -0.39 is 0 Å². The van der Waals surface area contributed by atoms with E-state index in [1.54, 1.807) is 14.0 Å². The van der Waals surface area contributed by atoms with Crippen LogP contribution in [0.4, 0.5) is 0 Å². The number of nitrogens with one attached hydrogen (secondary N) is 1. The molecule has 16 heavy (non-hydrogen) atoms. The molecular formula is C10H18N2O4. The van der Waals surface area contributed by atoms with Crippen molar-refractivity contribution in [1.82, 2.24) is 10.2 Å². The first kappa shape index (κ1) is 14.4. The number of hydrogen-bond donors (Lipinski definition) is 1. The fraction of sp³-hybridized carbons (Fsp3) is 0.700. The van der Waals surface area contributed by atoms with Gasteiger partial charge in [-0.3, -0.25) is 14.4 Å². The van der Waals surface area contributed by atoms with Crippen molar-refractivity contribution in [2.75, 3.05) is 26.7 Å². The van der Waals surface area contributed by atoms with Crippen molar-refractivity contribution in [2.45, 2.75) is 20.3 Å². The third kappa shape index (κ3) is 6.80. The van der Waals surface area contributed by atoms with Crippen LogP contribution in [-0.4, -0.2) is 49.4 Å². The van der Waals surface area contributed by atoms with Gasteiger partial charge in [-0.1, -0.05) is 0 Å². The van der Waals surface area contributed by atoms with Crippen LogP contribution in [-0.2, 0) is 19.1 Å².